The molecule has 1 heterocycles. The van der Waals surface area contributed by atoms with E-state index in [9.17, 15) is 14.0 Å². The van der Waals surface area contributed by atoms with Crippen molar-refractivity contribution < 1.29 is 23.5 Å². The lowest BCUT2D eigenvalue weighted by Crippen LogP contribution is -2.12. The number of esters is 1. The average molecular weight is 443 g/mol. The minimum absolute atomic E-state index is 0.205. The van der Waals surface area contributed by atoms with Gasteiger partial charge in [0.05, 0.1) is 19.3 Å². The van der Waals surface area contributed by atoms with Crippen LogP contribution in [-0.2, 0) is 16.1 Å². The second kappa shape index (κ2) is 10.0. The number of carbonyl (C=O) groups excluding carboxylic acids is 2. The fourth-order valence-corrected chi connectivity index (χ4v) is 3.09. The van der Waals surface area contributed by atoms with Crippen LogP contribution in [0.3, 0.4) is 0 Å². The largest absolute Gasteiger partial charge is 0.482 e. The van der Waals surface area contributed by atoms with E-state index < -0.39 is 5.97 Å². The standard InChI is InChI=1S/C23H20ClFN2O4/c1-15-20(23(24)27(26-15)13-16-3-7-18(25)8-4-16)11-12-21(28)17-5-9-19(10-6-17)31-14-22(29)30-2/h3-12H,13-14H2,1-2H3/b12-11+. The Morgan fingerprint density at radius 1 is 1.13 bits per heavy atom. The number of methoxy groups -OCH3 is 1. The maximum atomic E-state index is 13.1. The molecule has 0 saturated carbocycles. The lowest BCUT2D eigenvalue weighted by molar-refractivity contribution is -0.142. The summed E-state index contributed by atoms with van der Waals surface area (Å²) in [5.74, 6) is -0.569. The van der Waals surface area contributed by atoms with Gasteiger partial charge < -0.3 is 9.47 Å². The molecule has 0 aliphatic rings. The molecule has 160 valence electrons. The summed E-state index contributed by atoms with van der Waals surface area (Å²) in [5, 5.41) is 4.79. The number of hydrogen-bond donors (Lipinski definition) is 0. The molecule has 0 aliphatic carbocycles. The van der Waals surface area contributed by atoms with Gasteiger partial charge in [-0.3, -0.25) is 4.79 Å². The molecule has 0 fully saturated rings. The van der Waals surface area contributed by atoms with Crippen molar-refractivity contribution in [1.82, 2.24) is 9.78 Å². The zero-order valence-electron chi connectivity index (χ0n) is 17.0. The number of ketones is 1. The minimum atomic E-state index is -0.490. The molecule has 0 N–H and O–H groups in total. The Morgan fingerprint density at radius 3 is 2.45 bits per heavy atom. The molecule has 3 rings (SSSR count). The Hall–Kier alpha value is -3.45. The quantitative estimate of drug-likeness (QED) is 0.292. The minimum Gasteiger partial charge on any atom is -0.482 e. The zero-order chi connectivity index (χ0) is 22.4. The number of carbonyl (C=O) groups is 2. The number of hydrogen-bond acceptors (Lipinski definition) is 5. The van der Waals surface area contributed by atoms with Gasteiger partial charge >= 0.3 is 5.97 Å². The van der Waals surface area contributed by atoms with Crippen molar-refractivity contribution in [3.63, 3.8) is 0 Å². The summed E-state index contributed by atoms with van der Waals surface area (Å²) in [7, 11) is 1.28. The number of halogens is 2. The smallest absolute Gasteiger partial charge is 0.343 e. The van der Waals surface area contributed by atoms with Gasteiger partial charge in [-0.25, -0.2) is 13.9 Å². The van der Waals surface area contributed by atoms with Crippen LogP contribution in [0.4, 0.5) is 4.39 Å². The van der Waals surface area contributed by atoms with E-state index in [1.54, 1.807) is 54.1 Å². The summed E-state index contributed by atoms with van der Waals surface area (Å²) < 4.78 is 24.4. The Labute approximate surface area is 183 Å². The van der Waals surface area contributed by atoms with Crippen LogP contribution >= 0.6 is 11.6 Å². The van der Waals surface area contributed by atoms with Crippen LogP contribution in [0.5, 0.6) is 5.75 Å². The number of allylic oxidation sites excluding steroid dienone is 1. The van der Waals surface area contributed by atoms with Gasteiger partial charge in [-0.1, -0.05) is 23.7 Å². The van der Waals surface area contributed by atoms with Crippen LogP contribution in [0.2, 0.25) is 5.15 Å². The predicted molar refractivity (Wildman–Crippen MR) is 115 cm³/mol. The fourth-order valence-electron chi connectivity index (χ4n) is 2.80. The molecule has 0 atom stereocenters. The average Bonchev–Trinajstić information content (AvgIpc) is 3.04. The third-order valence-electron chi connectivity index (χ3n) is 4.48. The Balaban J connectivity index is 1.68. The SMILES string of the molecule is COC(=O)COc1ccc(C(=O)/C=C/c2c(C)nn(Cc3ccc(F)cc3)c2Cl)cc1. The van der Waals surface area contributed by atoms with Crippen molar-refractivity contribution in [3.05, 3.63) is 88.0 Å². The second-order valence-electron chi connectivity index (χ2n) is 6.66. The molecule has 0 unspecified atom stereocenters. The summed E-state index contributed by atoms with van der Waals surface area (Å²) in [6, 6.07) is 12.5. The van der Waals surface area contributed by atoms with Crippen molar-refractivity contribution in [2.24, 2.45) is 0 Å². The van der Waals surface area contributed by atoms with E-state index in [0.29, 0.717) is 34.3 Å². The van der Waals surface area contributed by atoms with E-state index >= 15 is 0 Å². The topological polar surface area (TPSA) is 70.4 Å². The van der Waals surface area contributed by atoms with Crippen molar-refractivity contribution in [2.75, 3.05) is 13.7 Å². The normalized spacial score (nSPS) is 11.0. The van der Waals surface area contributed by atoms with Gasteiger partial charge in [0.1, 0.15) is 16.7 Å². The third-order valence-corrected chi connectivity index (χ3v) is 4.88. The van der Waals surface area contributed by atoms with E-state index in [1.165, 1.54) is 25.3 Å². The first-order valence-electron chi connectivity index (χ1n) is 9.37. The first-order valence-corrected chi connectivity index (χ1v) is 9.74. The first kappa shape index (κ1) is 22.2. The molecular formula is C23H20ClFN2O4. The zero-order valence-corrected chi connectivity index (χ0v) is 17.7. The molecular weight excluding hydrogens is 423 g/mol. The lowest BCUT2D eigenvalue weighted by Gasteiger charge is -2.05. The number of benzene rings is 2. The fraction of sp³-hybridized carbons (Fsp3) is 0.174. The molecule has 0 aliphatic heterocycles. The number of ether oxygens (including phenoxy) is 2. The van der Waals surface area contributed by atoms with Crippen molar-refractivity contribution in [2.45, 2.75) is 13.5 Å². The summed E-state index contributed by atoms with van der Waals surface area (Å²) >= 11 is 6.44. The molecule has 0 amide bonds. The summed E-state index contributed by atoms with van der Waals surface area (Å²) in [4.78, 5) is 23.6. The molecule has 2 aromatic carbocycles. The van der Waals surface area contributed by atoms with Gasteiger partial charge in [-0.15, -0.1) is 0 Å². The highest BCUT2D eigenvalue weighted by atomic mass is 35.5. The van der Waals surface area contributed by atoms with E-state index in [-0.39, 0.29) is 18.2 Å². The summed E-state index contributed by atoms with van der Waals surface area (Å²) in [6.45, 7) is 1.97. The van der Waals surface area contributed by atoms with E-state index in [0.717, 1.165) is 5.56 Å². The highest BCUT2D eigenvalue weighted by molar-refractivity contribution is 6.31. The summed E-state index contributed by atoms with van der Waals surface area (Å²) in [6.07, 6.45) is 3.04. The highest BCUT2D eigenvalue weighted by Gasteiger charge is 2.12. The Kier molecular flexibility index (Phi) is 7.20. The first-order chi connectivity index (χ1) is 14.9. The van der Waals surface area contributed by atoms with Gasteiger partial charge in [0.2, 0.25) is 0 Å². The van der Waals surface area contributed by atoms with Gasteiger partial charge in [0, 0.05) is 11.1 Å². The predicted octanol–water partition coefficient (Wildman–Crippen LogP) is 4.48. The molecule has 31 heavy (non-hydrogen) atoms. The highest BCUT2D eigenvalue weighted by Crippen LogP contribution is 2.23. The van der Waals surface area contributed by atoms with Crippen LogP contribution in [0.1, 0.15) is 27.2 Å². The molecule has 0 bridgehead atoms. The monoisotopic (exact) mass is 442 g/mol. The number of aryl methyl sites for hydroxylation is 1. The maximum absolute atomic E-state index is 13.1. The third kappa shape index (κ3) is 5.79. The Morgan fingerprint density at radius 2 is 1.81 bits per heavy atom. The molecule has 8 heteroatoms. The van der Waals surface area contributed by atoms with Crippen LogP contribution in [0.15, 0.2) is 54.6 Å². The Bertz CT molecular complexity index is 1110. The van der Waals surface area contributed by atoms with Crippen LogP contribution < -0.4 is 4.74 Å². The molecule has 0 radical (unpaired) electrons. The molecule has 1 aromatic heterocycles. The van der Waals surface area contributed by atoms with Crippen molar-refractivity contribution in [3.8, 4) is 5.75 Å². The van der Waals surface area contributed by atoms with E-state index in [2.05, 4.69) is 9.84 Å². The molecule has 0 saturated heterocycles. The number of nitrogens with zero attached hydrogens (tertiary/aromatic N) is 2. The van der Waals surface area contributed by atoms with Gasteiger partial charge in [-0.05, 0) is 61.0 Å². The van der Waals surface area contributed by atoms with Gasteiger partial charge in [0.15, 0.2) is 12.4 Å². The lowest BCUT2D eigenvalue weighted by atomic mass is 10.1. The molecule has 6 nitrogen and oxygen atoms in total. The van der Waals surface area contributed by atoms with Crippen LogP contribution in [0, 0.1) is 12.7 Å². The molecule has 0 spiro atoms. The van der Waals surface area contributed by atoms with Crippen molar-refractivity contribution in [1.29, 1.82) is 0 Å². The second-order valence-corrected chi connectivity index (χ2v) is 7.02. The van der Waals surface area contributed by atoms with E-state index in [1.807, 2.05) is 0 Å². The number of aromatic nitrogens is 2. The number of rotatable bonds is 8. The molecule has 3 aromatic rings. The maximum Gasteiger partial charge on any atom is 0.343 e. The van der Waals surface area contributed by atoms with Crippen LogP contribution in [0.25, 0.3) is 6.08 Å². The van der Waals surface area contributed by atoms with Crippen molar-refractivity contribution >= 4 is 29.4 Å². The van der Waals surface area contributed by atoms with Gasteiger partial charge in [-0.2, -0.15) is 5.10 Å². The van der Waals surface area contributed by atoms with Gasteiger partial charge in [0.25, 0.3) is 0 Å². The van der Waals surface area contributed by atoms with Crippen LogP contribution in [-0.4, -0.2) is 35.2 Å². The van der Waals surface area contributed by atoms with E-state index in [4.69, 9.17) is 16.3 Å². The summed E-state index contributed by atoms with van der Waals surface area (Å²) in [5.41, 5.74) is 2.61.